The third-order valence-corrected chi connectivity index (χ3v) is 5.30. The normalized spacial score (nSPS) is 13.9. The summed E-state index contributed by atoms with van der Waals surface area (Å²) < 4.78 is 27.8. The second-order valence-electron chi connectivity index (χ2n) is 6.88. The molecule has 8 heteroatoms. The summed E-state index contributed by atoms with van der Waals surface area (Å²) in [5.74, 6) is -3.36. The molecule has 0 bridgehead atoms. The maximum atomic E-state index is 14.4. The van der Waals surface area contributed by atoms with E-state index in [0.717, 1.165) is 17.7 Å². The minimum atomic E-state index is -1.03. The standard InChI is InChI=1S/C23H14Cl2F2N2O2/c1-12-10-15(25)6-8-18(12)28-21-20(13-2-4-14(24)5-3-13)22(30)29(23(21)31)19-9-7-16(26)11-17(19)27/h2-11,28H,1H3. The minimum absolute atomic E-state index is 0.0403. The van der Waals surface area contributed by atoms with Crippen LogP contribution in [0.1, 0.15) is 11.1 Å². The second-order valence-corrected chi connectivity index (χ2v) is 7.76. The molecule has 0 aromatic heterocycles. The Balaban J connectivity index is 1.85. The lowest BCUT2D eigenvalue weighted by Crippen LogP contribution is -2.33. The molecule has 4 rings (SSSR count). The van der Waals surface area contributed by atoms with Gasteiger partial charge in [-0.1, -0.05) is 35.3 Å². The summed E-state index contributed by atoms with van der Waals surface area (Å²) in [4.78, 5) is 27.2. The van der Waals surface area contributed by atoms with Crippen LogP contribution in [0.15, 0.2) is 66.4 Å². The van der Waals surface area contributed by atoms with Crippen molar-refractivity contribution in [2.24, 2.45) is 0 Å². The molecule has 1 heterocycles. The lowest BCUT2D eigenvalue weighted by molar-refractivity contribution is -0.120. The number of nitrogens with one attached hydrogen (secondary N) is 1. The van der Waals surface area contributed by atoms with Crippen LogP contribution < -0.4 is 10.2 Å². The summed E-state index contributed by atoms with van der Waals surface area (Å²) in [7, 11) is 0. The van der Waals surface area contributed by atoms with Gasteiger partial charge in [0.25, 0.3) is 11.8 Å². The summed E-state index contributed by atoms with van der Waals surface area (Å²) in [6.45, 7) is 1.79. The molecule has 0 fully saturated rings. The number of benzene rings is 3. The molecule has 1 aliphatic rings. The molecular weight excluding hydrogens is 445 g/mol. The molecule has 3 aromatic rings. The zero-order valence-corrected chi connectivity index (χ0v) is 17.6. The van der Waals surface area contributed by atoms with Gasteiger partial charge >= 0.3 is 0 Å². The van der Waals surface area contributed by atoms with Crippen molar-refractivity contribution in [1.29, 1.82) is 0 Å². The van der Waals surface area contributed by atoms with Gasteiger partial charge in [0.1, 0.15) is 17.3 Å². The van der Waals surface area contributed by atoms with Crippen molar-refractivity contribution in [1.82, 2.24) is 0 Å². The average Bonchev–Trinajstić information content (AvgIpc) is 2.95. The van der Waals surface area contributed by atoms with Crippen LogP contribution in [-0.4, -0.2) is 11.8 Å². The van der Waals surface area contributed by atoms with Crippen molar-refractivity contribution in [3.8, 4) is 0 Å². The molecule has 156 valence electrons. The van der Waals surface area contributed by atoms with E-state index in [9.17, 15) is 18.4 Å². The predicted molar refractivity (Wildman–Crippen MR) is 117 cm³/mol. The highest BCUT2D eigenvalue weighted by Gasteiger charge is 2.41. The molecule has 0 radical (unpaired) electrons. The van der Waals surface area contributed by atoms with E-state index in [2.05, 4.69) is 5.32 Å². The van der Waals surface area contributed by atoms with Gasteiger partial charge in [-0.25, -0.2) is 13.7 Å². The van der Waals surface area contributed by atoms with E-state index in [1.54, 1.807) is 49.4 Å². The Kier molecular flexibility index (Phi) is 5.52. The van der Waals surface area contributed by atoms with Gasteiger partial charge in [-0.15, -0.1) is 0 Å². The molecule has 3 aromatic carbocycles. The van der Waals surface area contributed by atoms with E-state index in [1.165, 1.54) is 0 Å². The van der Waals surface area contributed by atoms with E-state index in [-0.39, 0.29) is 17.0 Å². The molecule has 0 atom stereocenters. The zero-order chi connectivity index (χ0) is 22.3. The number of aryl methyl sites for hydroxylation is 1. The summed E-state index contributed by atoms with van der Waals surface area (Å²) in [6.07, 6.45) is 0. The van der Waals surface area contributed by atoms with E-state index in [4.69, 9.17) is 23.2 Å². The van der Waals surface area contributed by atoms with Crippen molar-refractivity contribution in [2.75, 3.05) is 10.2 Å². The molecular formula is C23H14Cl2F2N2O2. The molecule has 2 amide bonds. The first-order valence-electron chi connectivity index (χ1n) is 9.13. The number of hydrogen-bond donors (Lipinski definition) is 1. The predicted octanol–water partition coefficient (Wildman–Crippen LogP) is 5.98. The summed E-state index contributed by atoms with van der Waals surface area (Å²) >= 11 is 12.0. The number of amides is 2. The number of imide groups is 1. The van der Waals surface area contributed by atoms with Gasteiger partial charge in [0.2, 0.25) is 0 Å². The van der Waals surface area contributed by atoms with Crippen LogP contribution in [0.3, 0.4) is 0 Å². The van der Waals surface area contributed by atoms with Crippen LogP contribution >= 0.6 is 23.2 Å². The number of nitrogens with zero attached hydrogens (tertiary/aromatic N) is 1. The maximum Gasteiger partial charge on any atom is 0.282 e. The number of halogens is 4. The lowest BCUT2D eigenvalue weighted by Gasteiger charge is -2.16. The summed E-state index contributed by atoms with van der Waals surface area (Å²) in [6, 6.07) is 14.0. The smallest absolute Gasteiger partial charge is 0.282 e. The van der Waals surface area contributed by atoms with E-state index < -0.39 is 23.4 Å². The molecule has 4 nitrogen and oxygen atoms in total. The summed E-state index contributed by atoms with van der Waals surface area (Å²) in [5, 5.41) is 3.95. The van der Waals surface area contributed by atoms with Crippen LogP contribution in [0.25, 0.3) is 5.57 Å². The van der Waals surface area contributed by atoms with Gasteiger partial charge in [-0.05, 0) is 60.5 Å². The van der Waals surface area contributed by atoms with Crippen LogP contribution in [0.2, 0.25) is 10.0 Å². The monoisotopic (exact) mass is 458 g/mol. The fraction of sp³-hybridized carbons (Fsp3) is 0.0435. The Hall–Kier alpha value is -3.22. The maximum absolute atomic E-state index is 14.4. The quantitative estimate of drug-likeness (QED) is 0.489. The van der Waals surface area contributed by atoms with E-state index in [1.807, 2.05) is 0 Å². The van der Waals surface area contributed by atoms with E-state index >= 15 is 0 Å². The SMILES string of the molecule is Cc1cc(Cl)ccc1NC1=C(c2ccc(Cl)cc2)C(=O)N(c2ccc(F)cc2F)C1=O. The Labute approximate surface area is 186 Å². The largest absolute Gasteiger partial charge is 0.350 e. The highest BCUT2D eigenvalue weighted by molar-refractivity contribution is 6.46. The van der Waals surface area contributed by atoms with Gasteiger partial charge in [0.05, 0.1) is 11.3 Å². The number of carbonyl (C=O) groups is 2. The van der Waals surface area contributed by atoms with Crippen molar-refractivity contribution < 1.29 is 18.4 Å². The first kappa shape index (κ1) is 21.0. The summed E-state index contributed by atoms with van der Waals surface area (Å²) in [5.41, 5.74) is 1.37. The highest BCUT2D eigenvalue weighted by Crippen LogP contribution is 2.36. The zero-order valence-electron chi connectivity index (χ0n) is 16.0. The number of carbonyl (C=O) groups excluding carboxylic acids is 2. The van der Waals surface area contributed by atoms with Crippen LogP contribution in [0.5, 0.6) is 0 Å². The van der Waals surface area contributed by atoms with Crippen molar-refractivity contribution in [2.45, 2.75) is 6.92 Å². The first-order valence-corrected chi connectivity index (χ1v) is 9.89. The molecule has 1 N–H and O–H groups in total. The number of hydrogen-bond acceptors (Lipinski definition) is 3. The molecule has 0 saturated carbocycles. The Morgan fingerprint density at radius 1 is 0.839 bits per heavy atom. The molecule has 0 aliphatic carbocycles. The fourth-order valence-corrected chi connectivity index (χ4v) is 3.67. The van der Waals surface area contributed by atoms with Gasteiger partial charge in [-0.3, -0.25) is 9.59 Å². The van der Waals surface area contributed by atoms with Crippen LogP contribution in [0, 0.1) is 18.6 Å². The van der Waals surface area contributed by atoms with Gasteiger partial charge < -0.3 is 5.32 Å². The molecule has 0 unspecified atom stereocenters. The average molecular weight is 459 g/mol. The van der Waals surface area contributed by atoms with Crippen molar-refractivity contribution in [3.05, 3.63) is 99.2 Å². The molecule has 0 spiro atoms. The van der Waals surface area contributed by atoms with Gasteiger partial charge in [0, 0.05) is 21.8 Å². The second kappa shape index (κ2) is 8.13. The third kappa shape index (κ3) is 3.92. The Morgan fingerprint density at radius 2 is 1.52 bits per heavy atom. The van der Waals surface area contributed by atoms with Crippen LogP contribution in [-0.2, 0) is 9.59 Å². The Bertz CT molecular complexity index is 1260. The van der Waals surface area contributed by atoms with E-state index in [0.29, 0.717) is 32.3 Å². The third-order valence-electron chi connectivity index (χ3n) is 4.82. The number of rotatable bonds is 4. The fourth-order valence-electron chi connectivity index (χ4n) is 3.31. The van der Waals surface area contributed by atoms with Crippen LogP contribution in [0.4, 0.5) is 20.2 Å². The molecule has 1 aliphatic heterocycles. The molecule has 0 saturated heterocycles. The molecule has 31 heavy (non-hydrogen) atoms. The van der Waals surface area contributed by atoms with Crippen molar-refractivity contribution in [3.63, 3.8) is 0 Å². The van der Waals surface area contributed by atoms with Gasteiger partial charge in [0.15, 0.2) is 0 Å². The van der Waals surface area contributed by atoms with Gasteiger partial charge in [-0.2, -0.15) is 0 Å². The highest BCUT2D eigenvalue weighted by atomic mass is 35.5. The number of anilines is 2. The minimum Gasteiger partial charge on any atom is -0.350 e. The van der Waals surface area contributed by atoms with Crippen molar-refractivity contribution >= 4 is 52.0 Å². The topological polar surface area (TPSA) is 49.4 Å². The lowest BCUT2D eigenvalue weighted by atomic mass is 10.0. The Morgan fingerprint density at radius 3 is 2.16 bits per heavy atom. The first-order chi connectivity index (χ1) is 14.8.